The number of anilines is 1. The zero-order chi connectivity index (χ0) is 24.8. The number of hydrogen-bond donors (Lipinski definition) is 1. The number of sulfonamides is 1. The molecule has 0 aliphatic rings. The van der Waals surface area contributed by atoms with Gasteiger partial charge in [-0.3, -0.25) is 13.9 Å². The van der Waals surface area contributed by atoms with E-state index in [0.29, 0.717) is 6.42 Å². The highest BCUT2D eigenvalue weighted by Gasteiger charge is 2.33. The van der Waals surface area contributed by atoms with Crippen LogP contribution in [-0.2, 0) is 26.2 Å². The number of rotatable bonds is 9. The molecule has 7 nitrogen and oxygen atoms in total. The minimum absolute atomic E-state index is 0.163. The zero-order valence-electron chi connectivity index (χ0n) is 19.7. The maximum atomic E-state index is 13.6. The van der Waals surface area contributed by atoms with Crippen LogP contribution in [-0.4, -0.2) is 49.5 Å². The lowest BCUT2D eigenvalue weighted by atomic mass is 10.1. The molecule has 9 heteroatoms. The first kappa shape index (κ1) is 26.7. The van der Waals surface area contributed by atoms with Crippen LogP contribution in [0.15, 0.2) is 54.6 Å². The van der Waals surface area contributed by atoms with Crippen LogP contribution in [0.3, 0.4) is 0 Å². The van der Waals surface area contributed by atoms with Crippen LogP contribution in [0.5, 0.6) is 0 Å². The fourth-order valence-corrected chi connectivity index (χ4v) is 4.55. The lowest BCUT2D eigenvalue weighted by Crippen LogP contribution is -2.55. The molecule has 0 fully saturated rings. The molecule has 1 N–H and O–H groups in total. The molecule has 0 spiro atoms. The van der Waals surface area contributed by atoms with E-state index in [1.165, 1.54) is 4.90 Å². The minimum Gasteiger partial charge on any atom is -0.350 e. The summed E-state index contributed by atoms with van der Waals surface area (Å²) in [5.41, 5.74) is 0.556. The van der Waals surface area contributed by atoms with Crippen LogP contribution < -0.4 is 9.62 Å². The number of benzene rings is 2. The molecule has 180 valence electrons. The van der Waals surface area contributed by atoms with Gasteiger partial charge in [0.15, 0.2) is 0 Å². The highest BCUT2D eigenvalue weighted by Crippen LogP contribution is 2.27. The largest absolute Gasteiger partial charge is 0.350 e. The van der Waals surface area contributed by atoms with Crippen LogP contribution in [0.4, 0.5) is 5.69 Å². The molecule has 2 amide bonds. The van der Waals surface area contributed by atoms with E-state index in [4.69, 9.17) is 11.6 Å². The van der Waals surface area contributed by atoms with Gasteiger partial charge in [0, 0.05) is 12.1 Å². The molecule has 2 aromatic rings. The molecule has 0 aliphatic heterocycles. The number of nitrogens with zero attached hydrogens (tertiary/aromatic N) is 2. The van der Waals surface area contributed by atoms with Crippen LogP contribution in [0.2, 0.25) is 5.02 Å². The van der Waals surface area contributed by atoms with Gasteiger partial charge in [-0.1, -0.05) is 61.0 Å². The van der Waals surface area contributed by atoms with E-state index in [-0.39, 0.29) is 23.2 Å². The smallest absolute Gasteiger partial charge is 0.244 e. The van der Waals surface area contributed by atoms with E-state index in [9.17, 15) is 18.0 Å². The second-order valence-corrected chi connectivity index (χ2v) is 11.2. The Bertz CT molecular complexity index is 1070. The van der Waals surface area contributed by atoms with Gasteiger partial charge in [-0.25, -0.2) is 8.42 Å². The van der Waals surface area contributed by atoms with Crippen molar-refractivity contribution in [2.45, 2.75) is 52.2 Å². The SMILES string of the molecule is CC[C@@H](C(=O)NC(C)(C)C)N(Cc1ccccc1)C(=O)CN(c1ccccc1Cl)S(C)(=O)=O. The Kier molecular flexibility index (Phi) is 8.91. The summed E-state index contributed by atoms with van der Waals surface area (Å²) >= 11 is 6.24. The van der Waals surface area contributed by atoms with E-state index in [1.54, 1.807) is 24.3 Å². The Hall–Kier alpha value is -2.58. The van der Waals surface area contributed by atoms with Crippen molar-refractivity contribution in [2.75, 3.05) is 17.1 Å². The summed E-state index contributed by atoms with van der Waals surface area (Å²) in [6.07, 6.45) is 1.39. The molecule has 0 saturated heterocycles. The van der Waals surface area contributed by atoms with Crippen LogP contribution in [0, 0.1) is 0 Å². The van der Waals surface area contributed by atoms with Crippen LogP contribution in [0.25, 0.3) is 0 Å². The van der Waals surface area contributed by atoms with Gasteiger partial charge in [0.2, 0.25) is 21.8 Å². The number of para-hydroxylation sites is 1. The second-order valence-electron chi connectivity index (χ2n) is 8.89. The van der Waals surface area contributed by atoms with Crippen molar-refractivity contribution >= 4 is 39.1 Å². The average Bonchev–Trinajstić information content (AvgIpc) is 2.71. The number of amides is 2. The van der Waals surface area contributed by atoms with Crippen molar-refractivity contribution in [3.63, 3.8) is 0 Å². The third kappa shape index (κ3) is 7.75. The average molecular weight is 494 g/mol. The summed E-state index contributed by atoms with van der Waals surface area (Å²) in [5.74, 6) is -0.793. The first-order valence-corrected chi connectivity index (χ1v) is 12.9. The minimum atomic E-state index is -3.82. The van der Waals surface area contributed by atoms with E-state index in [2.05, 4.69) is 5.32 Å². The molecule has 1 atom stereocenters. The molecule has 0 aromatic heterocycles. The van der Waals surface area contributed by atoms with Gasteiger partial charge in [-0.05, 0) is 44.9 Å². The summed E-state index contributed by atoms with van der Waals surface area (Å²) in [4.78, 5) is 28.1. The van der Waals surface area contributed by atoms with Crippen molar-refractivity contribution in [1.29, 1.82) is 0 Å². The van der Waals surface area contributed by atoms with Gasteiger partial charge in [0.05, 0.1) is 17.0 Å². The Labute approximate surface area is 201 Å². The van der Waals surface area contributed by atoms with E-state index in [0.717, 1.165) is 16.1 Å². The number of carbonyl (C=O) groups excluding carboxylic acids is 2. The normalized spacial score (nSPS) is 12.7. The Morgan fingerprint density at radius 3 is 2.12 bits per heavy atom. The summed E-state index contributed by atoms with van der Waals surface area (Å²) in [7, 11) is -3.82. The predicted molar refractivity (Wildman–Crippen MR) is 133 cm³/mol. The molecule has 2 aromatic carbocycles. The Balaban J connectivity index is 2.44. The standard InChI is InChI=1S/C24H32ClN3O4S/c1-6-20(23(30)26-24(2,3)4)27(16-18-12-8-7-9-13-18)22(29)17-28(33(5,31)32)21-15-11-10-14-19(21)25/h7-15,20H,6,16-17H2,1-5H3,(H,26,30)/t20-/m0/s1. The van der Waals surface area contributed by atoms with Gasteiger partial charge >= 0.3 is 0 Å². The summed E-state index contributed by atoms with van der Waals surface area (Å²) in [6, 6.07) is 14.9. The number of halogens is 1. The quantitative estimate of drug-likeness (QED) is 0.575. The lowest BCUT2D eigenvalue weighted by Gasteiger charge is -2.34. The summed E-state index contributed by atoms with van der Waals surface area (Å²) in [6.45, 7) is 7.10. The molecule has 0 unspecified atom stereocenters. The Morgan fingerprint density at radius 2 is 1.61 bits per heavy atom. The van der Waals surface area contributed by atoms with Crippen molar-refractivity contribution in [1.82, 2.24) is 10.2 Å². The molecule has 2 rings (SSSR count). The topological polar surface area (TPSA) is 86.8 Å². The maximum Gasteiger partial charge on any atom is 0.244 e. The Morgan fingerprint density at radius 1 is 1.03 bits per heavy atom. The van der Waals surface area contributed by atoms with Crippen LogP contribution >= 0.6 is 11.6 Å². The molecule has 0 heterocycles. The lowest BCUT2D eigenvalue weighted by molar-refractivity contribution is -0.141. The van der Waals surface area contributed by atoms with Crippen molar-refractivity contribution in [3.8, 4) is 0 Å². The van der Waals surface area contributed by atoms with Crippen molar-refractivity contribution in [3.05, 3.63) is 65.2 Å². The zero-order valence-corrected chi connectivity index (χ0v) is 21.3. The second kappa shape index (κ2) is 11.0. The monoisotopic (exact) mass is 493 g/mol. The van der Waals surface area contributed by atoms with Gasteiger partial charge < -0.3 is 10.2 Å². The van der Waals surface area contributed by atoms with Gasteiger partial charge in [-0.15, -0.1) is 0 Å². The molecule has 0 radical (unpaired) electrons. The molecular weight excluding hydrogens is 462 g/mol. The summed E-state index contributed by atoms with van der Waals surface area (Å²) in [5, 5.41) is 3.14. The molecular formula is C24H32ClN3O4S. The first-order valence-electron chi connectivity index (χ1n) is 10.7. The fraction of sp³-hybridized carbons (Fsp3) is 0.417. The van der Waals surface area contributed by atoms with E-state index in [1.807, 2.05) is 58.0 Å². The van der Waals surface area contributed by atoms with Gasteiger partial charge in [0.1, 0.15) is 12.6 Å². The number of nitrogens with one attached hydrogen (secondary N) is 1. The highest BCUT2D eigenvalue weighted by molar-refractivity contribution is 7.92. The van der Waals surface area contributed by atoms with E-state index >= 15 is 0 Å². The first-order chi connectivity index (χ1) is 15.3. The van der Waals surface area contributed by atoms with Crippen LogP contribution in [0.1, 0.15) is 39.7 Å². The fourth-order valence-electron chi connectivity index (χ4n) is 3.40. The van der Waals surface area contributed by atoms with Crippen molar-refractivity contribution < 1.29 is 18.0 Å². The van der Waals surface area contributed by atoms with Crippen molar-refractivity contribution in [2.24, 2.45) is 0 Å². The number of carbonyl (C=O) groups is 2. The summed E-state index contributed by atoms with van der Waals surface area (Å²) < 4.78 is 26.1. The van der Waals surface area contributed by atoms with E-state index < -0.39 is 34.1 Å². The predicted octanol–water partition coefficient (Wildman–Crippen LogP) is 3.83. The molecule has 33 heavy (non-hydrogen) atoms. The molecule has 0 bridgehead atoms. The third-order valence-electron chi connectivity index (χ3n) is 4.88. The molecule has 0 aliphatic carbocycles. The maximum absolute atomic E-state index is 13.6. The van der Waals surface area contributed by atoms with Gasteiger partial charge in [-0.2, -0.15) is 0 Å². The number of hydrogen-bond acceptors (Lipinski definition) is 4. The molecule has 0 saturated carbocycles. The third-order valence-corrected chi connectivity index (χ3v) is 6.33. The highest BCUT2D eigenvalue weighted by atomic mass is 35.5. The van der Waals surface area contributed by atoms with Gasteiger partial charge in [0.25, 0.3) is 0 Å².